The van der Waals surface area contributed by atoms with E-state index in [1.54, 1.807) is 7.11 Å². The molecule has 0 atom stereocenters. The zero-order valence-corrected chi connectivity index (χ0v) is 5.52. The average Bonchev–Trinajstić information content (AvgIpc) is 1.79. The van der Waals surface area contributed by atoms with Crippen molar-refractivity contribution in [2.45, 2.75) is 12.0 Å². The van der Waals surface area contributed by atoms with Crippen molar-refractivity contribution in [3.8, 4) is 0 Å². The molecule has 0 aromatic carbocycles. The molecule has 1 N–H and O–H groups in total. The number of rotatable bonds is 3. The minimum atomic E-state index is -0.165. The first-order chi connectivity index (χ1) is 4.33. The highest BCUT2D eigenvalue weighted by Crippen LogP contribution is 2.17. The molecule has 1 rings (SSSR count). The quantitative estimate of drug-likeness (QED) is 0.525. The summed E-state index contributed by atoms with van der Waals surface area (Å²) in [4.78, 5) is 10.1. The van der Waals surface area contributed by atoms with Crippen LogP contribution in [0.25, 0.3) is 0 Å². The van der Waals surface area contributed by atoms with E-state index in [1.807, 2.05) is 0 Å². The summed E-state index contributed by atoms with van der Waals surface area (Å²) in [5, 5.41) is 3.05. The molecule has 0 saturated carbocycles. The lowest BCUT2D eigenvalue weighted by molar-refractivity contribution is -0.117. The van der Waals surface area contributed by atoms with Crippen molar-refractivity contribution in [2.24, 2.45) is 0 Å². The minimum absolute atomic E-state index is 0.165. The first-order valence-corrected chi connectivity index (χ1v) is 3.02. The van der Waals surface area contributed by atoms with Gasteiger partial charge in [0.15, 0.2) is 0 Å². The van der Waals surface area contributed by atoms with E-state index in [9.17, 15) is 4.79 Å². The maximum absolute atomic E-state index is 10.1. The predicted octanol–water partition coefficient (Wildman–Crippen LogP) is -0.436. The number of ether oxygens (including phenoxy) is 1. The zero-order chi connectivity index (χ0) is 6.74. The summed E-state index contributed by atoms with van der Waals surface area (Å²) in [5.74, 6) is 0. The van der Waals surface area contributed by atoms with Gasteiger partial charge in [-0.1, -0.05) is 0 Å². The molecule has 0 aliphatic carbocycles. The summed E-state index contributed by atoms with van der Waals surface area (Å²) in [7, 11) is 1.64. The molecule has 3 nitrogen and oxygen atoms in total. The molecule has 1 fully saturated rings. The Balaban J connectivity index is 2.36. The Hall–Kier alpha value is -0.410. The fraction of sp³-hybridized carbons (Fsp3) is 0.833. The number of methoxy groups -OCH3 is 1. The third kappa shape index (κ3) is 1.11. The summed E-state index contributed by atoms with van der Waals surface area (Å²) < 4.78 is 5.12. The van der Waals surface area contributed by atoms with Gasteiger partial charge in [0.25, 0.3) is 0 Å². The second-order valence-corrected chi connectivity index (χ2v) is 2.36. The van der Waals surface area contributed by atoms with Gasteiger partial charge in [0.1, 0.15) is 6.29 Å². The van der Waals surface area contributed by atoms with Gasteiger partial charge in [-0.3, -0.25) is 0 Å². The molecule has 3 heteroatoms. The van der Waals surface area contributed by atoms with Crippen LogP contribution in [0, 0.1) is 0 Å². The van der Waals surface area contributed by atoms with Crippen LogP contribution in [0.4, 0.5) is 0 Å². The highest BCUT2D eigenvalue weighted by Gasteiger charge is 2.36. The van der Waals surface area contributed by atoms with Crippen molar-refractivity contribution < 1.29 is 9.53 Å². The van der Waals surface area contributed by atoms with Gasteiger partial charge < -0.3 is 14.8 Å². The molecule has 0 aromatic heterocycles. The standard InChI is InChI=1S/C6H11NO2/c1-9-6(2-3-8)4-7-5-6/h3,7H,2,4-5H2,1H3. The summed E-state index contributed by atoms with van der Waals surface area (Å²) in [6.45, 7) is 1.62. The SMILES string of the molecule is COC1(CC=O)CNC1. The van der Waals surface area contributed by atoms with Crippen LogP contribution < -0.4 is 5.32 Å². The molecule has 1 heterocycles. The van der Waals surface area contributed by atoms with Gasteiger partial charge in [-0.2, -0.15) is 0 Å². The topological polar surface area (TPSA) is 38.3 Å². The Morgan fingerprint density at radius 3 is 2.56 bits per heavy atom. The molecule has 0 amide bonds. The Bertz CT molecular complexity index is 104. The van der Waals surface area contributed by atoms with Gasteiger partial charge in [0.05, 0.1) is 5.60 Å². The number of hydrogen-bond acceptors (Lipinski definition) is 3. The Morgan fingerprint density at radius 1 is 1.78 bits per heavy atom. The fourth-order valence-electron chi connectivity index (χ4n) is 0.928. The van der Waals surface area contributed by atoms with Crippen LogP contribution in [0.15, 0.2) is 0 Å². The first kappa shape index (κ1) is 6.71. The van der Waals surface area contributed by atoms with E-state index in [0.29, 0.717) is 6.42 Å². The van der Waals surface area contributed by atoms with Crippen molar-refractivity contribution in [1.82, 2.24) is 5.32 Å². The van der Waals surface area contributed by atoms with Gasteiger partial charge in [-0.05, 0) is 0 Å². The largest absolute Gasteiger partial charge is 0.375 e. The number of hydrogen-bond donors (Lipinski definition) is 1. The monoisotopic (exact) mass is 129 g/mol. The summed E-state index contributed by atoms with van der Waals surface area (Å²) >= 11 is 0. The second kappa shape index (κ2) is 2.45. The van der Waals surface area contributed by atoms with Gasteiger partial charge in [-0.15, -0.1) is 0 Å². The first-order valence-electron chi connectivity index (χ1n) is 3.02. The second-order valence-electron chi connectivity index (χ2n) is 2.36. The van der Waals surface area contributed by atoms with Crippen LogP contribution in [-0.4, -0.2) is 32.1 Å². The Labute approximate surface area is 54.4 Å². The summed E-state index contributed by atoms with van der Waals surface area (Å²) in [6.07, 6.45) is 1.42. The van der Waals surface area contributed by atoms with Crippen LogP contribution in [0.3, 0.4) is 0 Å². The maximum atomic E-state index is 10.1. The van der Waals surface area contributed by atoms with Crippen molar-refractivity contribution in [3.05, 3.63) is 0 Å². The third-order valence-corrected chi connectivity index (χ3v) is 1.78. The van der Waals surface area contributed by atoms with Crippen molar-refractivity contribution in [1.29, 1.82) is 0 Å². The van der Waals surface area contributed by atoms with Gasteiger partial charge in [-0.25, -0.2) is 0 Å². The number of carbonyl (C=O) groups excluding carboxylic acids is 1. The van der Waals surface area contributed by atoms with E-state index in [0.717, 1.165) is 19.4 Å². The van der Waals surface area contributed by atoms with Crippen LogP contribution >= 0.6 is 0 Å². The van der Waals surface area contributed by atoms with Crippen molar-refractivity contribution >= 4 is 6.29 Å². The molecule has 1 aliphatic heterocycles. The van der Waals surface area contributed by atoms with E-state index >= 15 is 0 Å². The number of carbonyl (C=O) groups is 1. The fourth-order valence-corrected chi connectivity index (χ4v) is 0.928. The lowest BCUT2D eigenvalue weighted by Crippen LogP contribution is -2.60. The molecule has 52 valence electrons. The maximum Gasteiger partial charge on any atom is 0.122 e. The van der Waals surface area contributed by atoms with Crippen LogP contribution in [0.5, 0.6) is 0 Å². The molecule has 1 saturated heterocycles. The van der Waals surface area contributed by atoms with Gasteiger partial charge >= 0.3 is 0 Å². The van der Waals surface area contributed by atoms with Crippen LogP contribution in [-0.2, 0) is 9.53 Å². The van der Waals surface area contributed by atoms with Gasteiger partial charge in [0.2, 0.25) is 0 Å². The van der Waals surface area contributed by atoms with E-state index in [1.165, 1.54) is 0 Å². The molecule has 9 heavy (non-hydrogen) atoms. The number of nitrogens with one attached hydrogen (secondary N) is 1. The average molecular weight is 129 g/mol. The smallest absolute Gasteiger partial charge is 0.122 e. The summed E-state index contributed by atoms with van der Waals surface area (Å²) in [5.41, 5.74) is -0.165. The van der Waals surface area contributed by atoms with Crippen LogP contribution in [0.2, 0.25) is 0 Å². The predicted molar refractivity (Wildman–Crippen MR) is 33.3 cm³/mol. The van der Waals surface area contributed by atoms with E-state index in [-0.39, 0.29) is 5.60 Å². The molecule has 0 spiro atoms. The van der Waals surface area contributed by atoms with E-state index in [2.05, 4.69) is 5.32 Å². The highest BCUT2D eigenvalue weighted by molar-refractivity contribution is 5.52. The molecule has 0 radical (unpaired) electrons. The minimum Gasteiger partial charge on any atom is -0.375 e. The Morgan fingerprint density at radius 2 is 2.44 bits per heavy atom. The highest BCUT2D eigenvalue weighted by atomic mass is 16.5. The van der Waals surface area contributed by atoms with Crippen molar-refractivity contribution in [2.75, 3.05) is 20.2 Å². The zero-order valence-electron chi connectivity index (χ0n) is 5.52. The lowest BCUT2D eigenvalue weighted by atomic mass is 9.94. The molecular formula is C6H11NO2. The van der Waals surface area contributed by atoms with Gasteiger partial charge in [0, 0.05) is 26.6 Å². The molecule has 0 aromatic rings. The molecule has 0 unspecified atom stereocenters. The number of aldehydes is 1. The van der Waals surface area contributed by atoms with Crippen molar-refractivity contribution in [3.63, 3.8) is 0 Å². The lowest BCUT2D eigenvalue weighted by Gasteiger charge is -2.39. The van der Waals surface area contributed by atoms with E-state index < -0.39 is 0 Å². The van der Waals surface area contributed by atoms with E-state index in [4.69, 9.17) is 4.74 Å². The Kier molecular flexibility index (Phi) is 1.83. The summed E-state index contributed by atoms with van der Waals surface area (Å²) in [6, 6.07) is 0. The van der Waals surface area contributed by atoms with Crippen LogP contribution in [0.1, 0.15) is 6.42 Å². The molecule has 0 bridgehead atoms. The molecular weight excluding hydrogens is 118 g/mol. The third-order valence-electron chi connectivity index (χ3n) is 1.78. The molecule has 1 aliphatic rings. The normalized spacial score (nSPS) is 22.8.